The zero-order chi connectivity index (χ0) is 21.7. The number of fused-ring (bicyclic) bond motifs is 3. The summed E-state index contributed by atoms with van der Waals surface area (Å²) in [6.45, 7) is 7.67. The Balaban J connectivity index is 1.77. The van der Waals surface area contributed by atoms with E-state index in [1.54, 1.807) is 6.20 Å². The number of nitrogens with one attached hydrogen (secondary N) is 1. The van der Waals surface area contributed by atoms with E-state index in [9.17, 15) is 4.79 Å². The van der Waals surface area contributed by atoms with Gasteiger partial charge in [-0.15, -0.1) is 0 Å². The van der Waals surface area contributed by atoms with Gasteiger partial charge in [-0.2, -0.15) is 0 Å². The van der Waals surface area contributed by atoms with Crippen molar-refractivity contribution < 1.29 is 9.63 Å². The third-order valence-electron chi connectivity index (χ3n) is 5.02. The van der Waals surface area contributed by atoms with Crippen molar-refractivity contribution in [1.29, 1.82) is 0 Å². The predicted molar refractivity (Wildman–Crippen MR) is 117 cm³/mol. The first-order chi connectivity index (χ1) is 14.5. The van der Waals surface area contributed by atoms with Crippen molar-refractivity contribution in [3.8, 4) is 0 Å². The van der Waals surface area contributed by atoms with Gasteiger partial charge in [-0.1, -0.05) is 6.92 Å². The second kappa shape index (κ2) is 9.82. The minimum atomic E-state index is -0.220. The summed E-state index contributed by atoms with van der Waals surface area (Å²) in [6, 6.07) is 3.70. The van der Waals surface area contributed by atoms with Gasteiger partial charge in [0, 0.05) is 31.2 Å². The number of imidazole rings is 1. The van der Waals surface area contributed by atoms with Crippen LogP contribution in [0.4, 0.5) is 4.79 Å². The van der Waals surface area contributed by atoms with Crippen LogP contribution in [0.3, 0.4) is 0 Å². The summed E-state index contributed by atoms with van der Waals surface area (Å²) < 4.78 is 2.12. The van der Waals surface area contributed by atoms with Gasteiger partial charge in [-0.3, -0.25) is 9.82 Å². The van der Waals surface area contributed by atoms with Crippen molar-refractivity contribution in [2.45, 2.75) is 52.1 Å². The molecule has 1 atom stereocenters. The highest BCUT2D eigenvalue weighted by molar-refractivity contribution is 6.00. The van der Waals surface area contributed by atoms with Crippen LogP contribution in [0.2, 0.25) is 0 Å². The third kappa shape index (κ3) is 4.68. The minimum absolute atomic E-state index is 0.0620. The molecule has 9 nitrogen and oxygen atoms in total. The fourth-order valence-corrected chi connectivity index (χ4v) is 3.43. The van der Waals surface area contributed by atoms with E-state index >= 15 is 0 Å². The largest absolute Gasteiger partial charge is 0.341 e. The zero-order valence-electron chi connectivity index (χ0n) is 18.1. The van der Waals surface area contributed by atoms with E-state index in [2.05, 4.69) is 26.8 Å². The zero-order valence-corrected chi connectivity index (χ0v) is 18.1. The molecule has 2 amide bonds. The highest BCUT2D eigenvalue weighted by Crippen LogP contribution is 2.28. The Hall–Kier alpha value is -2.78. The number of hydroxylamine groups is 2. The number of nitrogens with two attached hydrogens (primary N) is 1. The van der Waals surface area contributed by atoms with Crippen LogP contribution >= 0.6 is 0 Å². The van der Waals surface area contributed by atoms with Gasteiger partial charge in [0.25, 0.3) is 0 Å². The van der Waals surface area contributed by atoms with Crippen LogP contribution in [-0.2, 0) is 11.4 Å². The minimum Gasteiger partial charge on any atom is -0.334 e. The monoisotopic (exact) mass is 413 g/mol. The van der Waals surface area contributed by atoms with Crippen molar-refractivity contribution in [3.63, 3.8) is 0 Å². The number of urea groups is 1. The molecular formula is C21H31N7O2. The molecule has 0 aliphatic heterocycles. The van der Waals surface area contributed by atoms with Crippen molar-refractivity contribution in [2.24, 2.45) is 5.73 Å². The first kappa shape index (κ1) is 21.9. The lowest BCUT2D eigenvalue weighted by Crippen LogP contribution is -2.42. The first-order valence-corrected chi connectivity index (χ1v) is 10.4. The van der Waals surface area contributed by atoms with Gasteiger partial charge >= 0.3 is 6.03 Å². The second-order valence-electron chi connectivity index (χ2n) is 7.74. The van der Waals surface area contributed by atoms with Gasteiger partial charge in [0.15, 0.2) is 0 Å². The number of aromatic nitrogens is 4. The molecule has 0 bridgehead atoms. The number of aryl methyl sites for hydroxylation is 1. The summed E-state index contributed by atoms with van der Waals surface area (Å²) in [6.07, 6.45) is 5.27. The SMILES string of the molecule is CON(CCCCn1cnc2c(C(C)CN)nc3cccnc3c21)C(=O)NC(C)C. The highest BCUT2D eigenvalue weighted by atomic mass is 16.7. The smallest absolute Gasteiger partial charge is 0.334 e. The van der Waals surface area contributed by atoms with Crippen LogP contribution in [0.25, 0.3) is 22.1 Å². The van der Waals surface area contributed by atoms with Crippen LogP contribution in [0.1, 0.15) is 45.2 Å². The number of carbonyl (C=O) groups is 1. The number of rotatable bonds is 9. The molecule has 0 saturated heterocycles. The van der Waals surface area contributed by atoms with E-state index in [4.69, 9.17) is 15.6 Å². The third-order valence-corrected chi connectivity index (χ3v) is 5.02. The molecule has 3 heterocycles. The van der Waals surface area contributed by atoms with Gasteiger partial charge in [-0.25, -0.2) is 19.8 Å². The van der Waals surface area contributed by atoms with E-state index in [1.165, 1.54) is 12.2 Å². The van der Waals surface area contributed by atoms with Crippen molar-refractivity contribution in [3.05, 3.63) is 30.4 Å². The Kier molecular flexibility index (Phi) is 7.17. The number of amides is 2. The number of pyridine rings is 2. The highest BCUT2D eigenvalue weighted by Gasteiger charge is 2.18. The molecule has 3 aromatic rings. The van der Waals surface area contributed by atoms with Crippen molar-refractivity contribution in [2.75, 3.05) is 20.2 Å². The number of unbranched alkanes of at least 4 members (excludes halogenated alkanes) is 1. The van der Waals surface area contributed by atoms with Crippen LogP contribution in [-0.4, -0.2) is 56.9 Å². The lowest BCUT2D eigenvalue weighted by Gasteiger charge is -2.21. The van der Waals surface area contributed by atoms with Gasteiger partial charge in [-0.05, 0) is 38.8 Å². The van der Waals surface area contributed by atoms with Crippen LogP contribution in [0.15, 0.2) is 24.7 Å². The Morgan fingerprint density at radius 3 is 2.77 bits per heavy atom. The topological polar surface area (TPSA) is 111 Å². The van der Waals surface area contributed by atoms with E-state index in [-0.39, 0.29) is 18.0 Å². The quantitative estimate of drug-likeness (QED) is 0.412. The summed E-state index contributed by atoms with van der Waals surface area (Å²) in [5.74, 6) is 0.107. The Bertz CT molecular complexity index is 1000. The number of hydrogen-bond acceptors (Lipinski definition) is 6. The van der Waals surface area contributed by atoms with Crippen LogP contribution in [0, 0.1) is 0 Å². The van der Waals surface area contributed by atoms with E-state index in [0.29, 0.717) is 13.1 Å². The Morgan fingerprint density at radius 2 is 2.07 bits per heavy atom. The van der Waals surface area contributed by atoms with Crippen molar-refractivity contribution in [1.82, 2.24) is 29.9 Å². The number of carbonyl (C=O) groups excluding carboxylic acids is 1. The Labute approximate surface area is 176 Å². The van der Waals surface area contributed by atoms with Crippen molar-refractivity contribution >= 4 is 28.1 Å². The summed E-state index contributed by atoms with van der Waals surface area (Å²) in [7, 11) is 1.51. The molecular weight excluding hydrogens is 382 g/mol. The van der Waals surface area contributed by atoms with Gasteiger partial charge in [0.05, 0.1) is 36.7 Å². The molecule has 0 aliphatic carbocycles. The number of nitrogens with zero attached hydrogens (tertiary/aromatic N) is 5. The van der Waals surface area contributed by atoms with Gasteiger partial charge in [0.1, 0.15) is 11.0 Å². The van der Waals surface area contributed by atoms with Crippen LogP contribution < -0.4 is 11.1 Å². The normalized spacial score (nSPS) is 12.6. The van der Waals surface area contributed by atoms with Crippen LogP contribution in [0.5, 0.6) is 0 Å². The molecule has 162 valence electrons. The fourth-order valence-electron chi connectivity index (χ4n) is 3.43. The van der Waals surface area contributed by atoms with E-state index in [0.717, 1.165) is 47.1 Å². The average Bonchev–Trinajstić information content (AvgIpc) is 3.16. The molecule has 0 fully saturated rings. The summed E-state index contributed by atoms with van der Waals surface area (Å²) in [4.78, 5) is 31.3. The average molecular weight is 414 g/mol. The molecule has 3 rings (SSSR count). The maximum Gasteiger partial charge on any atom is 0.341 e. The summed E-state index contributed by atoms with van der Waals surface area (Å²) in [5.41, 5.74) is 10.3. The summed E-state index contributed by atoms with van der Waals surface area (Å²) in [5, 5.41) is 4.19. The second-order valence-corrected chi connectivity index (χ2v) is 7.74. The molecule has 0 spiro atoms. The lowest BCUT2D eigenvalue weighted by atomic mass is 10.1. The number of hydrogen-bond donors (Lipinski definition) is 2. The summed E-state index contributed by atoms with van der Waals surface area (Å²) >= 11 is 0. The van der Waals surface area contributed by atoms with E-state index < -0.39 is 0 Å². The molecule has 1 unspecified atom stereocenters. The Morgan fingerprint density at radius 1 is 1.27 bits per heavy atom. The predicted octanol–water partition coefficient (Wildman–Crippen LogP) is 2.80. The standard InChI is InChI=1S/C21H31N7O2/c1-14(2)25-21(29)28(30-4)11-6-5-10-27-13-24-19-17(15(3)12-22)26-16-8-7-9-23-18(16)20(19)27/h7-9,13-15H,5-6,10-12,22H2,1-4H3,(H,25,29). The van der Waals surface area contributed by atoms with Gasteiger partial charge < -0.3 is 15.6 Å². The molecule has 0 aromatic carbocycles. The fraction of sp³-hybridized carbons (Fsp3) is 0.524. The molecule has 3 N–H and O–H groups in total. The molecule has 9 heteroatoms. The van der Waals surface area contributed by atoms with Gasteiger partial charge in [0.2, 0.25) is 0 Å². The maximum absolute atomic E-state index is 12.1. The molecule has 0 aliphatic rings. The maximum atomic E-state index is 12.1. The van der Waals surface area contributed by atoms with E-state index in [1.807, 2.05) is 32.3 Å². The first-order valence-electron chi connectivity index (χ1n) is 10.4. The lowest BCUT2D eigenvalue weighted by molar-refractivity contribution is -0.0874. The molecule has 0 radical (unpaired) electrons. The molecule has 3 aromatic heterocycles. The molecule has 0 saturated carbocycles. The molecule has 30 heavy (non-hydrogen) atoms.